The maximum atomic E-state index is 12.2. The fourth-order valence-corrected chi connectivity index (χ4v) is 2.68. The summed E-state index contributed by atoms with van der Waals surface area (Å²) in [4.78, 5) is 24.5. The first-order valence-corrected chi connectivity index (χ1v) is 7.74. The van der Waals surface area contributed by atoms with E-state index in [4.69, 9.17) is 4.74 Å². The Morgan fingerprint density at radius 2 is 1.86 bits per heavy atom. The van der Waals surface area contributed by atoms with Gasteiger partial charge in [0.1, 0.15) is 5.75 Å². The molecule has 1 aliphatic rings. The van der Waals surface area contributed by atoms with Gasteiger partial charge in [-0.25, -0.2) is 0 Å². The minimum atomic E-state index is -0.442. The Bertz CT molecular complexity index is 537. The zero-order valence-electron chi connectivity index (χ0n) is 12.9. The monoisotopic (exact) mass is 306 g/mol. The summed E-state index contributed by atoms with van der Waals surface area (Å²) in [5.41, 5.74) is 0.462. The number of hydrogen-bond donors (Lipinski definition) is 0. The molecule has 1 aromatic rings. The van der Waals surface area contributed by atoms with Gasteiger partial charge in [-0.2, -0.15) is 0 Å². The number of amides is 1. The van der Waals surface area contributed by atoms with Crippen LogP contribution in [0, 0.1) is 17.0 Å². The second kappa shape index (κ2) is 7.77. The van der Waals surface area contributed by atoms with Gasteiger partial charge >= 0.3 is 0 Å². The first kappa shape index (κ1) is 16.3. The third-order valence-corrected chi connectivity index (χ3v) is 4.01. The number of likely N-dealkylation sites (tertiary alicyclic amines) is 1. The van der Waals surface area contributed by atoms with Crippen molar-refractivity contribution in [3.05, 3.63) is 33.9 Å². The quantitative estimate of drug-likeness (QED) is 0.633. The van der Waals surface area contributed by atoms with Gasteiger partial charge in [0.25, 0.3) is 11.6 Å². The van der Waals surface area contributed by atoms with Gasteiger partial charge < -0.3 is 9.64 Å². The number of hydrogen-bond acceptors (Lipinski definition) is 4. The fourth-order valence-electron chi connectivity index (χ4n) is 2.68. The van der Waals surface area contributed by atoms with E-state index in [1.807, 2.05) is 4.90 Å². The Hall–Kier alpha value is -2.11. The van der Waals surface area contributed by atoms with Crippen molar-refractivity contribution in [1.29, 1.82) is 0 Å². The second-order valence-electron chi connectivity index (χ2n) is 5.59. The van der Waals surface area contributed by atoms with E-state index in [-0.39, 0.29) is 18.2 Å². The van der Waals surface area contributed by atoms with Crippen LogP contribution in [0.25, 0.3) is 0 Å². The van der Waals surface area contributed by atoms with E-state index in [9.17, 15) is 14.9 Å². The summed E-state index contributed by atoms with van der Waals surface area (Å²) in [5.74, 6) is 0.349. The van der Waals surface area contributed by atoms with Gasteiger partial charge in [0.2, 0.25) is 0 Å². The standard InChI is InChI=1S/C16H22N2O4/c1-13-14(18(20)21)8-7-9-15(13)22-12-16(19)17-10-5-3-2-4-6-11-17/h7-9H,2-6,10-12H2,1H3. The van der Waals surface area contributed by atoms with Crippen molar-refractivity contribution in [2.75, 3.05) is 19.7 Å². The van der Waals surface area contributed by atoms with E-state index in [1.165, 1.54) is 12.5 Å². The largest absolute Gasteiger partial charge is 0.483 e. The molecular formula is C16H22N2O4. The van der Waals surface area contributed by atoms with Crippen LogP contribution < -0.4 is 4.74 Å². The lowest BCUT2D eigenvalue weighted by Crippen LogP contribution is -2.37. The molecule has 0 N–H and O–H groups in total. The second-order valence-corrected chi connectivity index (χ2v) is 5.59. The molecule has 120 valence electrons. The Kier molecular flexibility index (Phi) is 5.75. The first-order valence-electron chi connectivity index (χ1n) is 7.74. The molecular weight excluding hydrogens is 284 g/mol. The summed E-state index contributed by atoms with van der Waals surface area (Å²) in [6, 6.07) is 4.66. The highest BCUT2D eigenvalue weighted by Gasteiger charge is 2.18. The number of rotatable bonds is 4. The molecule has 0 unspecified atom stereocenters. The van der Waals surface area contributed by atoms with E-state index in [2.05, 4.69) is 0 Å². The molecule has 1 fully saturated rings. The number of nitrogens with zero attached hydrogens (tertiary/aromatic N) is 2. The predicted molar refractivity (Wildman–Crippen MR) is 83.0 cm³/mol. The number of nitro groups is 1. The summed E-state index contributed by atoms with van der Waals surface area (Å²) in [5, 5.41) is 10.9. The third kappa shape index (κ3) is 4.19. The minimum absolute atomic E-state index is 0.0104. The van der Waals surface area contributed by atoms with Crippen LogP contribution in [0.1, 0.15) is 37.7 Å². The average molecular weight is 306 g/mol. The van der Waals surface area contributed by atoms with Crippen LogP contribution in [-0.4, -0.2) is 35.4 Å². The minimum Gasteiger partial charge on any atom is -0.483 e. The van der Waals surface area contributed by atoms with Gasteiger partial charge in [-0.05, 0) is 25.8 Å². The molecule has 0 aliphatic carbocycles. The maximum Gasteiger partial charge on any atom is 0.276 e. The van der Waals surface area contributed by atoms with Gasteiger partial charge in [-0.15, -0.1) is 0 Å². The molecule has 0 bridgehead atoms. The van der Waals surface area contributed by atoms with Crippen molar-refractivity contribution in [3.8, 4) is 5.75 Å². The van der Waals surface area contributed by atoms with Crippen molar-refractivity contribution in [2.24, 2.45) is 0 Å². The van der Waals surface area contributed by atoms with Crippen LogP contribution in [0.3, 0.4) is 0 Å². The lowest BCUT2D eigenvalue weighted by molar-refractivity contribution is -0.385. The highest BCUT2D eigenvalue weighted by atomic mass is 16.6. The summed E-state index contributed by atoms with van der Waals surface area (Å²) in [6.45, 7) is 3.11. The fraction of sp³-hybridized carbons (Fsp3) is 0.562. The van der Waals surface area contributed by atoms with Crippen LogP contribution in [0.15, 0.2) is 18.2 Å². The Labute approximate surface area is 130 Å². The van der Waals surface area contributed by atoms with E-state index in [1.54, 1.807) is 19.1 Å². The number of benzene rings is 1. The molecule has 1 aromatic carbocycles. The highest BCUT2D eigenvalue weighted by Crippen LogP contribution is 2.27. The van der Waals surface area contributed by atoms with Gasteiger partial charge in [0.15, 0.2) is 6.61 Å². The molecule has 1 aliphatic heterocycles. The van der Waals surface area contributed by atoms with Gasteiger partial charge in [-0.3, -0.25) is 14.9 Å². The van der Waals surface area contributed by atoms with E-state index >= 15 is 0 Å². The smallest absolute Gasteiger partial charge is 0.276 e. The van der Waals surface area contributed by atoms with Crippen molar-refractivity contribution >= 4 is 11.6 Å². The predicted octanol–water partition coefficient (Wildman–Crippen LogP) is 3.07. The van der Waals surface area contributed by atoms with Crippen molar-refractivity contribution < 1.29 is 14.5 Å². The molecule has 6 heteroatoms. The van der Waals surface area contributed by atoms with Crippen LogP contribution >= 0.6 is 0 Å². The summed E-state index contributed by atoms with van der Waals surface area (Å²) in [6.07, 6.45) is 5.62. The van der Waals surface area contributed by atoms with Gasteiger partial charge in [-0.1, -0.05) is 25.3 Å². The van der Waals surface area contributed by atoms with Crippen molar-refractivity contribution in [1.82, 2.24) is 4.90 Å². The topological polar surface area (TPSA) is 72.7 Å². The van der Waals surface area contributed by atoms with Crippen LogP contribution in [0.2, 0.25) is 0 Å². The molecule has 0 saturated carbocycles. The Morgan fingerprint density at radius 1 is 1.23 bits per heavy atom. The molecule has 6 nitrogen and oxygen atoms in total. The third-order valence-electron chi connectivity index (χ3n) is 4.01. The van der Waals surface area contributed by atoms with E-state index < -0.39 is 4.92 Å². The van der Waals surface area contributed by atoms with Crippen LogP contribution in [-0.2, 0) is 4.79 Å². The molecule has 1 saturated heterocycles. The Morgan fingerprint density at radius 3 is 2.50 bits per heavy atom. The summed E-state index contributed by atoms with van der Waals surface area (Å²) in [7, 11) is 0. The van der Waals surface area contributed by atoms with Crippen molar-refractivity contribution in [2.45, 2.75) is 39.0 Å². The maximum absolute atomic E-state index is 12.2. The van der Waals surface area contributed by atoms with Crippen molar-refractivity contribution in [3.63, 3.8) is 0 Å². The lowest BCUT2D eigenvalue weighted by atomic mass is 10.1. The number of nitro benzene ring substituents is 1. The lowest BCUT2D eigenvalue weighted by Gasteiger charge is -2.24. The zero-order chi connectivity index (χ0) is 15.9. The number of ether oxygens (including phenoxy) is 1. The van der Waals surface area contributed by atoms with E-state index in [0.29, 0.717) is 11.3 Å². The van der Waals surface area contributed by atoms with Gasteiger partial charge in [0.05, 0.1) is 10.5 Å². The van der Waals surface area contributed by atoms with Crippen LogP contribution in [0.4, 0.5) is 5.69 Å². The summed E-state index contributed by atoms with van der Waals surface area (Å²) < 4.78 is 5.52. The van der Waals surface area contributed by atoms with Crippen LogP contribution in [0.5, 0.6) is 5.75 Å². The molecule has 1 amide bonds. The SMILES string of the molecule is Cc1c(OCC(=O)N2CCCCCCC2)cccc1[N+](=O)[O-]. The normalized spacial score (nSPS) is 15.8. The molecule has 1 heterocycles. The molecule has 0 aromatic heterocycles. The first-order chi connectivity index (χ1) is 10.6. The number of carbonyl (C=O) groups excluding carboxylic acids is 1. The van der Waals surface area contributed by atoms with E-state index in [0.717, 1.165) is 38.8 Å². The molecule has 0 spiro atoms. The molecule has 2 rings (SSSR count). The average Bonchev–Trinajstić information content (AvgIpc) is 2.45. The van der Waals surface area contributed by atoms with Gasteiger partial charge in [0, 0.05) is 19.2 Å². The molecule has 22 heavy (non-hydrogen) atoms. The molecule has 0 atom stereocenters. The zero-order valence-corrected chi connectivity index (χ0v) is 12.9. The highest BCUT2D eigenvalue weighted by molar-refractivity contribution is 5.77. The number of carbonyl (C=O) groups is 1. The molecule has 0 radical (unpaired) electrons. The Balaban J connectivity index is 1.95. The summed E-state index contributed by atoms with van der Waals surface area (Å²) >= 11 is 0.